The predicted octanol–water partition coefficient (Wildman–Crippen LogP) is 4.34. The van der Waals surface area contributed by atoms with E-state index >= 15 is 0 Å². The lowest BCUT2D eigenvalue weighted by Crippen LogP contribution is -2.45. The Morgan fingerprint density at radius 1 is 0.818 bits per heavy atom. The summed E-state index contributed by atoms with van der Waals surface area (Å²) in [6.07, 6.45) is 3.74. The maximum atomic E-state index is 11.6. The van der Waals surface area contributed by atoms with Gasteiger partial charge in [0.05, 0.1) is 0 Å². The van der Waals surface area contributed by atoms with Crippen LogP contribution >= 0.6 is 0 Å². The van der Waals surface area contributed by atoms with Gasteiger partial charge in [-0.05, 0) is 39.1 Å². The molecule has 0 radical (unpaired) electrons. The summed E-state index contributed by atoms with van der Waals surface area (Å²) >= 11 is 0. The molecule has 1 fully saturated rings. The molecule has 1 saturated heterocycles. The Balaban J connectivity index is 1.75. The maximum absolute atomic E-state index is 11.6. The molecule has 0 spiro atoms. The lowest BCUT2D eigenvalue weighted by Gasteiger charge is -2.32. The summed E-state index contributed by atoms with van der Waals surface area (Å²) in [6, 6.07) is 19.8. The van der Waals surface area contributed by atoms with Gasteiger partial charge in [0.1, 0.15) is 0 Å². The van der Waals surface area contributed by atoms with Gasteiger partial charge in [0.2, 0.25) is 5.91 Å². The van der Waals surface area contributed by atoms with Crippen LogP contribution in [-0.4, -0.2) is 16.8 Å². The monoisotopic (exact) mass is 285 g/mol. The zero-order valence-electron chi connectivity index (χ0n) is 12.1. The summed E-state index contributed by atoms with van der Waals surface area (Å²) in [5, 5.41) is 5.13. The van der Waals surface area contributed by atoms with Crippen molar-refractivity contribution in [3.8, 4) is 0 Å². The van der Waals surface area contributed by atoms with Crippen molar-refractivity contribution in [3.63, 3.8) is 0 Å². The number of carbonyl (C=O) groups excluding carboxylic acids is 1. The Kier molecular flexibility index (Phi) is 2.29. The van der Waals surface area contributed by atoms with E-state index in [1.54, 1.807) is 0 Å². The van der Waals surface area contributed by atoms with Crippen molar-refractivity contribution in [2.24, 2.45) is 0 Å². The number of carbonyl (C=O) groups is 1. The van der Waals surface area contributed by atoms with Crippen LogP contribution in [0, 0.1) is 0 Å². The molecule has 1 atom stereocenters. The third kappa shape index (κ3) is 1.52. The molecule has 0 saturated carbocycles. The fourth-order valence-corrected chi connectivity index (χ4v) is 3.82. The van der Waals surface area contributed by atoms with E-state index in [0.29, 0.717) is 12.5 Å². The van der Waals surface area contributed by atoms with Crippen molar-refractivity contribution in [2.75, 3.05) is 0 Å². The first-order valence-electron chi connectivity index (χ1n) is 7.74. The van der Waals surface area contributed by atoms with E-state index in [-0.39, 0.29) is 5.91 Å². The second-order valence-electron chi connectivity index (χ2n) is 6.20. The second kappa shape index (κ2) is 4.20. The number of hydrogen-bond donors (Lipinski definition) is 0. The smallest absolute Gasteiger partial charge is 0.228 e. The summed E-state index contributed by atoms with van der Waals surface area (Å²) in [7, 11) is 0. The van der Waals surface area contributed by atoms with E-state index < -0.39 is 0 Å². The number of nitrogens with zero attached hydrogens (tertiary/aromatic N) is 1. The van der Waals surface area contributed by atoms with Crippen LogP contribution in [0.1, 0.15) is 18.4 Å². The predicted molar refractivity (Wildman–Crippen MR) is 89.3 cm³/mol. The molecule has 5 rings (SSSR count). The molecule has 106 valence electrons. The molecule has 2 heterocycles. The van der Waals surface area contributed by atoms with Gasteiger partial charge in [-0.25, -0.2) is 0 Å². The number of β-lactam (4-membered cyclic amide) rings is 1. The lowest BCUT2D eigenvalue weighted by atomic mass is 9.92. The molecule has 2 aliphatic heterocycles. The average Bonchev–Trinajstić information content (AvgIpc) is 2.91. The highest BCUT2D eigenvalue weighted by molar-refractivity contribution is 6.10. The van der Waals surface area contributed by atoms with Crippen molar-refractivity contribution in [2.45, 2.75) is 18.9 Å². The fraction of sp³-hybridized carbons (Fsp3) is 0.150. The van der Waals surface area contributed by atoms with Gasteiger partial charge in [0.15, 0.2) is 0 Å². The van der Waals surface area contributed by atoms with Gasteiger partial charge in [0.25, 0.3) is 0 Å². The number of fused-ring (bicyclic) bond motifs is 4. The summed E-state index contributed by atoms with van der Waals surface area (Å²) < 4.78 is 0. The van der Waals surface area contributed by atoms with Crippen LogP contribution in [0.2, 0.25) is 0 Å². The van der Waals surface area contributed by atoms with Crippen molar-refractivity contribution >= 4 is 33.0 Å². The van der Waals surface area contributed by atoms with Crippen molar-refractivity contribution in [1.29, 1.82) is 0 Å². The number of rotatable bonds is 1. The summed E-state index contributed by atoms with van der Waals surface area (Å²) in [6.45, 7) is 0. The van der Waals surface area contributed by atoms with Crippen LogP contribution in [0.5, 0.6) is 0 Å². The topological polar surface area (TPSA) is 20.3 Å². The average molecular weight is 285 g/mol. The molecule has 0 N–H and O–H groups in total. The molecule has 22 heavy (non-hydrogen) atoms. The van der Waals surface area contributed by atoms with Crippen molar-refractivity contribution in [1.82, 2.24) is 4.90 Å². The minimum atomic E-state index is 0.255. The highest BCUT2D eigenvalue weighted by Gasteiger charge is 2.39. The van der Waals surface area contributed by atoms with Crippen LogP contribution < -0.4 is 0 Å². The normalized spacial score (nSPS) is 20.2. The summed E-state index contributed by atoms with van der Waals surface area (Å²) in [5.41, 5.74) is 2.56. The third-order valence-electron chi connectivity index (χ3n) is 4.97. The van der Waals surface area contributed by atoms with Crippen LogP contribution in [-0.2, 0) is 4.79 Å². The van der Waals surface area contributed by atoms with E-state index in [1.165, 1.54) is 32.7 Å². The molecule has 0 aromatic heterocycles. The number of amides is 1. The second-order valence-corrected chi connectivity index (χ2v) is 6.20. The maximum Gasteiger partial charge on any atom is 0.228 e. The first-order chi connectivity index (χ1) is 10.8. The molecule has 0 aliphatic carbocycles. The van der Waals surface area contributed by atoms with E-state index in [4.69, 9.17) is 0 Å². The minimum absolute atomic E-state index is 0.255. The van der Waals surface area contributed by atoms with Gasteiger partial charge >= 0.3 is 0 Å². The SMILES string of the molecule is O=C1C[C@H]2CC(c3cccc4c3ccc3ccccc34)=CN12. The molecule has 3 aromatic carbocycles. The summed E-state index contributed by atoms with van der Waals surface area (Å²) in [5.74, 6) is 0.255. The Bertz CT molecular complexity index is 970. The largest absolute Gasteiger partial charge is 0.315 e. The standard InChI is InChI=1S/C20H15NO/c22-20-11-15-10-14(12-21(15)20)17-6-3-7-18-16-5-2-1-4-13(16)8-9-19(17)18/h1-9,12,15H,10-11H2/t15-/m1/s1. The van der Waals surface area contributed by atoms with Gasteiger partial charge in [-0.3, -0.25) is 4.79 Å². The molecular formula is C20H15NO. The van der Waals surface area contributed by atoms with Crippen molar-refractivity contribution in [3.05, 3.63) is 66.4 Å². The van der Waals surface area contributed by atoms with Gasteiger partial charge in [-0.1, -0.05) is 54.6 Å². The molecule has 2 nitrogen and oxygen atoms in total. The van der Waals surface area contributed by atoms with Crippen LogP contribution in [0.3, 0.4) is 0 Å². The Hall–Kier alpha value is -2.61. The van der Waals surface area contributed by atoms with E-state index in [0.717, 1.165) is 6.42 Å². The third-order valence-corrected chi connectivity index (χ3v) is 4.97. The molecule has 3 aromatic rings. The van der Waals surface area contributed by atoms with Crippen molar-refractivity contribution < 1.29 is 4.79 Å². The molecular weight excluding hydrogens is 270 g/mol. The number of hydrogen-bond acceptors (Lipinski definition) is 1. The Morgan fingerprint density at radius 3 is 2.55 bits per heavy atom. The lowest BCUT2D eigenvalue weighted by molar-refractivity contribution is -0.140. The highest BCUT2D eigenvalue weighted by atomic mass is 16.2. The van der Waals surface area contributed by atoms with E-state index in [1.807, 2.05) is 4.90 Å². The fourth-order valence-electron chi connectivity index (χ4n) is 3.82. The van der Waals surface area contributed by atoms with Gasteiger partial charge in [-0.2, -0.15) is 0 Å². The molecule has 2 heteroatoms. The minimum Gasteiger partial charge on any atom is -0.315 e. The molecule has 0 unspecified atom stereocenters. The zero-order valence-corrected chi connectivity index (χ0v) is 12.1. The highest BCUT2D eigenvalue weighted by Crippen LogP contribution is 2.40. The number of benzene rings is 3. The van der Waals surface area contributed by atoms with E-state index in [9.17, 15) is 4.79 Å². The van der Waals surface area contributed by atoms with Gasteiger partial charge in [0, 0.05) is 18.7 Å². The first-order valence-corrected chi connectivity index (χ1v) is 7.74. The Labute approximate surface area is 128 Å². The quantitative estimate of drug-likeness (QED) is 0.481. The van der Waals surface area contributed by atoms with E-state index in [2.05, 4.69) is 60.8 Å². The Morgan fingerprint density at radius 2 is 1.68 bits per heavy atom. The molecule has 1 amide bonds. The van der Waals surface area contributed by atoms with Gasteiger partial charge < -0.3 is 4.90 Å². The van der Waals surface area contributed by atoms with Crippen LogP contribution in [0.4, 0.5) is 0 Å². The zero-order chi connectivity index (χ0) is 14.7. The molecule has 2 aliphatic rings. The molecule has 0 bridgehead atoms. The first kappa shape index (κ1) is 12.0. The van der Waals surface area contributed by atoms with Crippen LogP contribution in [0.15, 0.2) is 60.8 Å². The summed E-state index contributed by atoms with van der Waals surface area (Å²) in [4.78, 5) is 13.5. The van der Waals surface area contributed by atoms with Gasteiger partial charge in [-0.15, -0.1) is 0 Å². The van der Waals surface area contributed by atoms with Crippen LogP contribution in [0.25, 0.3) is 27.1 Å².